The van der Waals surface area contributed by atoms with Crippen molar-refractivity contribution in [2.45, 2.75) is 31.6 Å². The van der Waals surface area contributed by atoms with Gasteiger partial charge in [0.15, 0.2) is 0 Å². The number of carbonyl (C=O) groups is 3. The number of alkyl carbamates (subject to hydrolysis) is 1. The van der Waals surface area contributed by atoms with E-state index in [2.05, 4.69) is 5.32 Å². The molecule has 0 spiro atoms. The molecule has 0 aliphatic carbocycles. The number of nitrogens with one attached hydrogen (secondary N) is 2. The Bertz CT molecular complexity index is 1100. The van der Waals surface area contributed by atoms with Crippen LogP contribution >= 0.6 is 0 Å². The summed E-state index contributed by atoms with van der Waals surface area (Å²) in [6, 6.07) is 5.86. The van der Waals surface area contributed by atoms with Crippen LogP contribution in [0.5, 0.6) is 0 Å². The van der Waals surface area contributed by atoms with Crippen molar-refractivity contribution in [2.24, 2.45) is 0 Å². The van der Waals surface area contributed by atoms with Crippen LogP contribution in [0.1, 0.15) is 24.0 Å². The van der Waals surface area contributed by atoms with Crippen LogP contribution in [0.25, 0.3) is 0 Å². The minimum absolute atomic E-state index is 0.0506. The normalized spacial score (nSPS) is 20.1. The Kier molecular flexibility index (Phi) is 5.51. The van der Waals surface area contributed by atoms with Gasteiger partial charge in [0.1, 0.15) is 17.5 Å². The number of hydrogen-bond acceptors (Lipinski definition) is 5. The molecule has 1 atom stereocenters. The smallest absolute Gasteiger partial charge is 0.407 e. The van der Waals surface area contributed by atoms with Crippen LogP contribution in [0.3, 0.4) is 0 Å². The second kappa shape index (κ2) is 8.15. The van der Waals surface area contributed by atoms with Crippen LogP contribution < -0.4 is 15.5 Å². The SMILES string of the molecule is O=C1CCc2cc(N3CC[C@](O)(OC(=O)NCc4c(F)cc(F)cc4F)C3=O)ccc2N1. The standard InChI is InChI=1S/C21H18F3N3O5/c22-12-8-15(23)14(16(24)9-12)10-25-20(30)32-21(31)5-6-27(19(21)29)13-2-3-17-11(7-13)1-4-18(28)26-17/h2-3,7-9,31H,1,4-6,10H2,(H,25,30)(H,26,28)/t21-/m0/s1. The molecule has 32 heavy (non-hydrogen) atoms. The van der Waals surface area contributed by atoms with Crippen LogP contribution in [-0.4, -0.2) is 35.3 Å². The maximum atomic E-state index is 13.7. The number of aryl methyl sites for hydroxylation is 1. The number of rotatable bonds is 4. The summed E-state index contributed by atoms with van der Waals surface area (Å²) >= 11 is 0. The van der Waals surface area contributed by atoms with Crippen molar-refractivity contribution in [2.75, 3.05) is 16.8 Å². The molecule has 2 aliphatic heterocycles. The number of anilines is 2. The number of carbonyl (C=O) groups excluding carboxylic acids is 3. The van der Waals surface area contributed by atoms with Gasteiger partial charge >= 0.3 is 6.09 Å². The second-order valence-corrected chi connectivity index (χ2v) is 7.47. The van der Waals surface area contributed by atoms with E-state index in [1.54, 1.807) is 18.2 Å². The van der Waals surface area contributed by atoms with Crippen molar-refractivity contribution < 1.29 is 37.4 Å². The minimum atomic E-state index is -2.46. The van der Waals surface area contributed by atoms with Crippen molar-refractivity contribution in [1.82, 2.24) is 5.32 Å². The first kappa shape index (κ1) is 21.6. The summed E-state index contributed by atoms with van der Waals surface area (Å²) in [5, 5.41) is 15.3. The molecule has 4 rings (SSSR count). The molecular formula is C21H18F3N3O5. The highest BCUT2D eigenvalue weighted by molar-refractivity contribution is 6.02. The third-order valence-electron chi connectivity index (χ3n) is 5.33. The lowest BCUT2D eigenvalue weighted by Gasteiger charge is -2.24. The molecule has 2 aliphatic rings. The molecule has 8 nitrogen and oxygen atoms in total. The molecule has 0 aromatic heterocycles. The molecule has 0 unspecified atom stereocenters. The average molecular weight is 449 g/mol. The topological polar surface area (TPSA) is 108 Å². The lowest BCUT2D eigenvalue weighted by atomic mass is 10.0. The third-order valence-corrected chi connectivity index (χ3v) is 5.33. The quantitative estimate of drug-likeness (QED) is 0.621. The summed E-state index contributed by atoms with van der Waals surface area (Å²) in [4.78, 5) is 37.5. The van der Waals surface area contributed by atoms with Gasteiger partial charge in [-0.15, -0.1) is 0 Å². The van der Waals surface area contributed by atoms with Gasteiger partial charge in [-0.1, -0.05) is 0 Å². The van der Waals surface area contributed by atoms with E-state index in [9.17, 15) is 32.7 Å². The summed E-state index contributed by atoms with van der Waals surface area (Å²) < 4.78 is 45.2. The molecule has 3 N–H and O–H groups in total. The van der Waals surface area contributed by atoms with Gasteiger partial charge in [0, 0.05) is 48.5 Å². The van der Waals surface area contributed by atoms with Crippen LogP contribution in [0.4, 0.5) is 29.3 Å². The Morgan fingerprint density at radius 2 is 1.88 bits per heavy atom. The van der Waals surface area contributed by atoms with Gasteiger partial charge in [-0.3, -0.25) is 9.59 Å². The Balaban J connectivity index is 1.41. The number of nitrogens with zero attached hydrogens (tertiary/aromatic N) is 1. The average Bonchev–Trinajstić information content (AvgIpc) is 3.01. The Morgan fingerprint density at radius 3 is 2.59 bits per heavy atom. The van der Waals surface area contributed by atoms with Gasteiger partial charge in [-0.05, 0) is 30.2 Å². The third kappa shape index (κ3) is 4.11. The lowest BCUT2D eigenvalue weighted by molar-refractivity contribution is -0.175. The first-order chi connectivity index (χ1) is 15.2. The van der Waals surface area contributed by atoms with Crippen LogP contribution in [0, 0.1) is 17.5 Å². The number of benzene rings is 2. The number of amides is 3. The first-order valence-electron chi connectivity index (χ1n) is 9.74. The highest BCUT2D eigenvalue weighted by atomic mass is 19.1. The summed E-state index contributed by atoms with van der Waals surface area (Å²) in [6.45, 7) is -0.629. The van der Waals surface area contributed by atoms with Gasteiger partial charge in [-0.25, -0.2) is 18.0 Å². The first-order valence-corrected chi connectivity index (χ1v) is 9.74. The lowest BCUT2D eigenvalue weighted by Crippen LogP contribution is -2.46. The van der Waals surface area contributed by atoms with E-state index in [0.29, 0.717) is 36.3 Å². The van der Waals surface area contributed by atoms with Crippen molar-refractivity contribution in [3.05, 3.63) is 58.9 Å². The fourth-order valence-electron chi connectivity index (χ4n) is 3.65. The number of halogens is 3. The highest BCUT2D eigenvalue weighted by Gasteiger charge is 2.49. The monoisotopic (exact) mass is 449 g/mol. The molecule has 0 bridgehead atoms. The van der Waals surface area contributed by atoms with Crippen molar-refractivity contribution in [3.8, 4) is 0 Å². The van der Waals surface area contributed by atoms with Gasteiger partial charge < -0.3 is 25.4 Å². The van der Waals surface area contributed by atoms with E-state index < -0.39 is 47.3 Å². The van der Waals surface area contributed by atoms with E-state index >= 15 is 0 Å². The van der Waals surface area contributed by atoms with Crippen molar-refractivity contribution >= 4 is 29.3 Å². The second-order valence-electron chi connectivity index (χ2n) is 7.47. The largest absolute Gasteiger partial charge is 0.410 e. The van der Waals surface area contributed by atoms with E-state index in [-0.39, 0.29) is 18.9 Å². The molecule has 2 aromatic rings. The number of fused-ring (bicyclic) bond motifs is 1. The summed E-state index contributed by atoms with van der Waals surface area (Å²) in [5.41, 5.74) is 1.33. The predicted octanol–water partition coefficient (Wildman–Crippen LogP) is 2.34. The van der Waals surface area contributed by atoms with E-state index in [1.165, 1.54) is 4.90 Å². The van der Waals surface area contributed by atoms with Gasteiger partial charge in [-0.2, -0.15) is 0 Å². The van der Waals surface area contributed by atoms with E-state index in [1.807, 2.05) is 5.32 Å². The molecule has 168 valence electrons. The number of hydrogen-bond donors (Lipinski definition) is 3. The summed E-state index contributed by atoms with van der Waals surface area (Å²) in [6.07, 6.45) is -0.699. The maximum absolute atomic E-state index is 13.7. The number of ether oxygens (including phenoxy) is 1. The zero-order valence-corrected chi connectivity index (χ0v) is 16.6. The maximum Gasteiger partial charge on any atom is 0.410 e. The van der Waals surface area contributed by atoms with Gasteiger partial charge in [0.05, 0.1) is 6.54 Å². The molecular weight excluding hydrogens is 431 g/mol. The molecule has 0 saturated carbocycles. The molecule has 2 heterocycles. The zero-order chi connectivity index (χ0) is 23.0. The van der Waals surface area contributed by atoms with Gasteiger partial charge in [0.2, 0.25) is 5.91 Å². The molecule has 3 amide bonds. The van der Waals surface area contributed by atoms with Crippen LogP contribution in [0.15, 0.2) is 30.3 Å². The van der Waals surface area contributed by atoms with Gasteiger partial charge in [0.25, 0.3) is 11.7 Å². The fourth-order valence-corrected chi connectivity index (χ4v) is 3.65. The zero-order valence-electron chi connectivity index (χ0n) is 16.6. The number of aliphatic hydroxyl groups is 1. The summed E-state index contributed by atoms with van der Waals surface area (Å²) in [7, 11) is 0. The molecule has 0 radical (unpaired) electrons. The Labute approximate surface area is 180 Å². The highest BCUT2D eigenvalue weighted by Crippen LogP contribution is 2.33. The Hall–Kier alpha value is -3.60. The molecule has 1 saturated heterocycles. The fraction of sp³-hybridized carbons (Fsp3) is 0.286. The minimum Gasteiger partial charge on any atom is -0.407 e. The Morgan fingerprint density at radius 1 is 1.16 bits per heavy atom. The van der Waals surface area contributed by atoms with E-state index in [4.69, 9.17) is 4.74 Å². The van der Waals surface area contributed by atoms with E-state index in [0.717, 1.165) is 5.56 Å². The molecule has 2 aromatic carbocycles. The molecule has 1 fully saturated rings. The predicted molar refractivity (Wildman–Crippen MR) is 105 cm³/mol. The summed E-state index contributed by atoms with van der Waals surface area (Å²) in [5.74, 6) is -6.96. The van der Waals surface area contributed by atoms with Crippen molar-refractivity contribution in [3.63, 3.8) is 0 Å². The van der Waals surface area contributed by atoms with Crippen LogP contribution in [-0.2, 0) is 27.3 Å². The molecule has 11 heteroatoms. The van der Waals surface area contributed by atoms with Crippen molar-refractivity contribution in [1.29, 1.82) is 0 Å². The van der Waals surface area contributed by atoms with Crippen LogP contribution in [0.2, 0.25) is 0 Å².